The van der Waals surface area contributed by atoms with E-state index in [0.29, 0.717) is 26.9 Å². The molecule has 2 unspecified atom stereocenters. The highest BCUT2D eigenvalue weighted by molar-refractivity contribution is 7.99. The zero-order valence-corrected chi connectivity index (χ0v) is 19.4. The number of benzene rings is 3. The number of thioether (sulfide) groups is 1. The van der Waals surface area contributed by atoms with E-state index < -0.39 is 29.8 Å². The summed E-state index contributed by atoms with van der Waals surface area (Å²) in [7, 11) is 0. The van der Waals surface area contributed by atoms with Crippen molar-refractivity contribution < 1.29 is 23.8 Å². The molecule has 5 nitrogen and oxygen atoms in total. The normalized spacial score (nSPS) is 16.5. The van der Waals surface area contributed by atoms with Crippen LogP contribution in [0.1, 0.15) is 27.6 Å². The van der Waals surface area contributed by atoms with Gasteiger partial charge in [-0.15, -0.1) is 11.8 Å². The summed E-state index contributed by atoms with van der Waals surface area (Å²) in [5.74, 6) is -1.91. The van der Waals surface area contributed by atoms with Crippen molar-refractivity contribution in [3.63, 3.8) is 0 Å². The summed E-state index contributed by atoms with van der Waals surface area (Å²) < 4.78 is 21.1. The molecular formula is C24H18Cl2FNO4S. The third-order valence-electron chi connectivity index (χ3n) is 5.21. The molecular weight excluding hydrogens is 488 g/mol. The molecule has 1 N–H and O–H groups in total. The van der Waals surface area contributed by atoms with Crippen LogP contribution in [0, 0.1) is 5.82 Å². The van der Waals surface area contributed by atoms with Crippen LogP contribution in [-0.2, 0) is 4.79 Å². The van der Waals surface area contributed by atoms with Gasteiger partial charge in [0.25, 0.3) is 5.91 Å². The molecule has 9 heteroatoms. The maximum Gasteiger partial charge on any atom is 0.327 e. The van der Waals surface area contributed by atoms with Crippen molar-refractivity contribution in [2.75, 3.05) is 11.6 Å². The van der Waals surface area contributed by atoms with Gasteiger partial charge in [0.15, 0.2) is 17.7 Å². The van der Waals surface area contributed by atoms with E-state index in [-0.39, 0.29) is 17.2 Å². The van der Waals surface area contributed by atoms with Gasteiger partial charge in [-0.2, -0.15) is 0 Å². The number of halogens is 3. The predicted molar refractivity (Wildman–Crippen MR) is 127 cm³/mol. The molecule has 3 aromatic rings. The summed E-state index contributed by atoms with van der Waals surface area (Å²) in [6.07, 6.45) is -0.724. The van der Waals surface area contributed by atoms with Crippen molar-refractivity contribution in [1.82, 2.24) is 4.90 Å². The minimum absolute atomic E-state index is 0.0504. The lowest BCUT2D eigenvalue weighted by Crippen LogP contribution is -2.41. The number of aliphatic carboxylic acids is 1. The molecule has 1 aliphatic heterocycles. The van der Waals surface area contributed by atoms with Gasteiger partial charge >= 0.3 is 5.97 Å². The number of hydrogen-bond acceptors (Lipinski definition) is 4. The topological polar surface area (TPSA) is 66.8 Å². The second kappa shape index (κ2) is 10.0. The highest BCUT2D eigenvalue weighted by atomic mass is 35.5. The summed E-state index contributed by atoms with van der Waals surface area (Å²) in [6.45, 7) is 0. The van der Waals surface area contributed by atoms with Gasteiger partial charge in [0.1, 0.15) is 6.04 Å². The molecule has 0 aliphatic carbocycles. The lowest BCUT2D eigenvalue weighted by atomic mass is 10.0. The summed E-state index contributed by atoms with van der Waals surface area (Å²) in [5.41, 5.74) is 1.40. The smallest absolute Gasteiger partial charge is 0.327 e. The van der Waals surface area contributed by atoms with Gasteiger partial charge in [0.2, 0.25) is 0 Å². The fourth-order valence-corrected chi connectivity index (χ4v) is 5.01. The van der Waals surface area contributed by atoms with Crippen LogP contribution in [0.15, 0.2) is 66.7 Å². The molecule has 1 amide bonds. The molecule has 1 saturated heterocycles. The Balaban J connectivity index is 1.63. The molecule has 1 fully saturated rings. The Morgan fingerprint density at radius 1 is 1.09 bits per heavy atom. The maximum atomic E-state index is 15.0. The molecule has 3 aromatic carbocycles. The van der Waals surface area contributed by atoms with Gasteiger partial charge in [-0.05, 0) is 42.0 Å². The zero-order chi connectivity index (χ0) is 23.5. The van der Waals surface area contributed by atoms with Crippen LogP contribution >= 0.6 is 35.0 Å². The number of hydrogen-bond donors (Lipinski definition) is 1. The lowest BCUT2D eigenvalue weighted by Gasteiger charge is -2.23. The average molecular weight is 506 g/mol. The van der Waals surface area contributed by atoms with Crippen molar-refractivity contribution in [3.8, 4) is 5.75 Å². The van der Waals surface area contributed by atoms with Gasteiger partial charge in [0.05, 0.1) is 5.88 Å². The molecule has 0 aromatic heterocycles. The van der Waals surface area contributed by atoms with Crippen LogP contribution < -0.4 is 4.74 Å². The lowest BCUT2D eigenvalue weighted by molar-refractivity contribution is -0.140. The number of ether oxygens (including phenoxy) is 1. The molecule has 1 heterocycles. The quantitative estimate of drug-likeness (QED) is 0.451. The Labute approximate surface area is 204 Å². The molecule has 0 spiro atoms. The fourth-order valence-electron chi connectivity index (χ4n) is 3.51. The second-order valence-electron chi connectivity index (χ2n) is 7.35. The summed E-state index contributed by atoms with van der Waals surface area (Å²) in [4.78, 5) is 25.4. The number of carbonyl (C=O) groups excluding carboxylic acids is 1. The Bertz CT molecular complexity index is 1190. The molecule has 0 bridgehead atoms. The third-order valence-corrected chi connectivity index (χ3v) is 6.82. The fraction of sp³-hybridized carbons (Fsp3) is 0.167. The molecule has 170 valence electrons. The van der Waals surface area contributed by atoms with Crippen LogP contribution in [0.5, 0.6) is 5.75 Å². The van der Waals surface area contributed by atoms with Crippen LogP contribution in [0.25, 0.3) is 0 Å². The SMILES string of the molecule is O=C(O)C1CSCN1C(=O)c1ccc(OC(c2ccc(Cl)cc2)c2ccccc2Cl)c(F)c1. The van der Waals surface area contributed by atoms with Gasteiger partial charge in [-0.3, -0.25) is 4.79 Å². The molecule has 4 rings (SSSR count). The summed E-state index contributed by atoms with van der Waals surface area (Å²) >= 11 is 13.7. The van der Waals surface area contributed by atoms with Crippen molar-refractivity contribution >= 4 is 46.8 Å². The van der Waals surface area contributed by atoms with E-state index in [4.69, 9.17) is 27.9 Å². The van der Waals surface area contributed by atoms with E-state index in [1.807, 2.05) is 0 Å². The standard InChI is InChI=1S/C24H18Cl2FNO4S/c25-16-8-5-14(6-9-16)22(17-3-1-2-4-18(17)26)32-21-10-7-15(11-19(21)27)23(29)28-13-33-12-20(28)24(30)31/h1-11,20,22H,12-13H2,(H,30,31). The maximum absolute atomic E-state index is 15.0. The highest BCUT2D eigenvalue weighted by Gasteiger charge is 2.35. The first kappa shape index (κ1) is 23.4. The summed E-state index contributed by atoms with van der Waals surface area (Å²) in [6, 6.07) is 16.9. The van der Waals surface area contributed by atoms with Gasteiger partial charge in [-0.1, -0.05) is 53.5 Å². The largest absolute Gasteiger partial charge is 0.480 e. The third kappa shape index (κ3) is 5.11. The average Bonchev–Trinajstić information content (AvgIpc) is 3.30. The monoisotopic (exact) mass is 505 g/mol. The highest BCUT2D eigenvalue weighted by Crippen LogP contribution is 2.35. The van der Waals surface area contributed by atoms with Crippen LogP contribution in [-0.4, -0.2) is 39.6 Å². The molecule has 0 saturated carbocycles. The minimum Gasteiger partial charge on any atom is -0.480 e. The number of amides is 1. The van der Waals surface area contributed by atoms with E-state index in [9.17, 15) is 14.7 Å². The number of rotatable bonds is 6. The molecule has 2 atom stereocenters. The van der Waals surface area contributed by atoms with Crippen molar-refractivity contribution in [2.45, 2.75) is 12.1 Å². The second-order valence-corrected chi connectivity index (χ2v) is 9.19. The molecule has 1 aliphatic rings. The number of nitrogens with zero attached hydrogens (tertiary/aromatic N) is 1. The number of carboxylic acids is 1. The van der Waals surface area contributed by atoms with E-state index in [1.165, 1.54) is 28.8 Å². The van der Waals surface area contributed by atoms with Crippen LogP contribution in [0.4, 0.5) is 4.39 Å². The van der Waals surface area contributed by atoms with Crippen LogP contribution in [0.2, 0.25) is 10.0 Å². The molecule has 0 radical (unpaired) electrons. The minimum atomic E-state index is -1.08. The van der Waals surface area contributed by atoms with E-state index in [1.54, 1.807) is 48.5 Å². The van der Waals surface area contributed by atoms with E-state index >= 15 is 4.39 Å². The first-order valence-corrected chi connectivity index (χ1v) is 11.8. The Morgan fingerprint density at radius 2 is 1.82 bits per heavy atom. The Kier molecular flexibility index (Phi) is 7.12. The van der Waals surface area contributed by atoms with E-state index in [0.717, 1.165) is 6.07 Å². The van der Waals surface area contributed by atoms with Crippen LogP contribution in [0.3, 0.4) is 0 Å². The van der Waals surface area contributed by atoms with Gasteiger partial charge < -0.3 is 14.7 Å². The summed E-state index contributed by atoms with van der Waals surface area (Å²) in [5, 5.41) is 10.3. The van der Waals surface area contributed by atoms with E-state index in [2.05, 4.69) is 0 Å². The number of carbonyl (C=O) groups is 2. The number of carboxylic acid groups (broad SMARTS) is 1. The Hall–Kier alpha value is -2.74. The first-order valence-electron chi connectivity index (χ1n) is 9.93. The van der Waals surface area contributed by atoms with Gasteiger partial charge in [-0.25, -0.2) is 9.18 Å². The zero-order valence-electron chi connectivity index (χ0n) is 17.1. The van der Waals surface area contributed by atoms with Crippen molar-refractivity contribution in [3.05, 3.63) is 99.3 Å². The van der Waals surface area contributed by atoms with Crippen molar-refractivity contribution in [2.24, 2.45) is 0 Å². The molecule has 33 heavy (non-hydrogen) atoms. The predicted octanol–water partition coefficient (Wildman–Crippen LogP) is 5.90. The first-order chi connectivity index (χ1) is 15.8. The Morgan fingerprint density at radius 3 is 2.48 bits per heavy atom. The van der Waals surface area contributed by atoms with Crippen molar-refractivity contribution in [1.29, 1.82) is 0 Å². The van der Waals surface area contributed by atoms with Gasteiger partial charge in [0, 0.05) is 26.9 Å².